The minimum Gasteiger partial charge on any atom is -0.444 e. The van der Waals surface area contributed by atoms with Crippen LogP contribution in [0.3, 0.4) is 0 Å². The first-order valence-electron chi connectivity index (χ1n) is 6.27. The zero-order chi connectivity index (χ0) is 15.9. The molecule has 8 nitrogen and oxygen atoms in total. The van der Waals surface area contributed by atoms with Gasteiger partial charge < -0.3 is 20.6 Å². The van der Waals surface area contributed by atoms with Gasteiger partial charge in [0.15, 0.2) is 0 Å². The number of rotatable bonds is 4. The molecule has 4 N–H and O–H groups in total. The molecular formula is C12H23N3O5. The fourth-order valence-electron chi connectivity index (χ4n) is 1.31. The molecule has 0 aliphatic carbocycles. The third-order valence-corrected chi connectivity index (χ3v) is 1.93. The molecule has 20 heavy (non-hydrogen) atoms. The molecular weight excluding hydrogens is 266 g/mol. The number of amides is 3. The fraction of sp³-hybridized carbons (Fsp3) is 0.750. The number of nitrogens with two attached hydrogens (primary N) is 1. The second-order valence-corrected chi connectivity index (χ2v) is 5.72. The van der Waals surface area contributed by atoms with Crippen molar-refractivity contribution >= 4 is 18.1 Å². The van der Waals surface area contributed by atoms with E-state index in [0.29, 0.717) is 6.42 Å². The maximum atomic E-state index is 11.7. The normalized spacial score (nSPS) is 12.5. The molecule has 0 aliphatic heterocycles. The molecule has 0 saturated heterocycles. The largest absolute Gasteiger partial charge is 0.444 e. The number of carbonyl (C=O) groups excluding carboxylic acids is 3. The molecule has 0 fully saturated rings. The molecule has 0 spiro atoms. The summed E-state index contributed by atoms with van der Waals surface area (Å²) in [6.45, 7) is 8.86. The highest BCUT2D eigenvalue weighted by Gasteiger charge is 2.26. The minimum absolute atomic E-state index is 0.121. The zero-order valence-electron chi connectivity index (χ0n) is 12.5. The molecule has 3 amide bonds. The van der Waals surface area contributed by atoms with Gasteiger partial charge in [0.2, 0.25) is 0 Å². The molecule has 1 atom stereocenters. The van der Waals surface area contributed by atoms with E-state index in [9.17, 15) is 14.4 Å². The third kappa shape index (κ3) is 9.01. The van der Waals surface area contributed by atoms with Gasteiger partial charge in [-0.3, -0.25) is 0 Å². The van der Waals surface area contributed by atoms with Gasteiger partial charge in [0, 0.05) is 0 Å². The molecule has 0 aliphatic rings. The van der Waals surface area contributed by atoms with Crippen molar-refractivity contribution in [3.63, 3.8) is 0 Å². The van der Waals surface area contributed by atoms with E-state index in [1.807, 2.05) is 13.8 Å². The van der Waals surface area contributed by atoms with Crippen LogP contribution in [0.25, 0.3) is 0 Å². The Morgan fingerprint density at radius 3 is 2.15 bits per heavy atom. The Bertz CT molecular complexity index is 363. The van der Waals surface area contributed by atoms with E-state index in [-0.39, 0.29) is 5.92 Å². The van der Waals surface area contributed by atoms with Crippen LogP contribution in [0.4, 0.5) is 9.59 Å². The number of urea groups is 1. The van der Waals surface area contributed by atoms with E-state index in [1.165, 1.54) is 0 Å². The molecule has 0 heterocycles. The summed E-state index contributed by atoms with van der Waals surface area (Å²) in [5.41, 5.74) is 5.83. The van der Waals surface area contributed by atoms with Crippen LogP contribution >= 0.6 is 0 Å². The molecule has 0 aromatic rings. The number of hydrogen-bond acceptors (Lipinski definition) is 5. The van der Waals surface area contributed by atoms with E-state index in [4.69, 9.17) is 10.5 Å². The topological polar surface area (TPSA) is 120 Å². The van der Waals surface area contributed by atoms with E-state index in [2.05, 4.69) is 10.2 Å². The number of nitrogens with one attached hydrogen (secondary N) is 2. The number of alkyl carbamates (subject to hydrolysis) is 1. The monoisotopic (exact) mass is 289 g/mol. The molecule has 0 aromatic heterocycles. The fourth-order valence-corrected chi connectivity index (χ4v) is 1.31. The first-order chi connectivity index (χ1) is 9.01. The van der Waals surface area contributed by atoms with Gasteiger partial charge >= 0.3 is 18.1 Å². The second-order valence-electron chi connectivity index (χ2n) is 5.72. The first kappa shape index (κ1) is 18.0. The SMILES string of the molecule is CC(C)CC(NC(=O)OC(C)(C)C)C(=O)ONC(N)=O. The number of primary amides is 1. The van der Waals surface area contributed by atoms with E-state index in [1.54, 1.807) is 26.3 Å². The van der Waals surface area contributed by atoms with Gasteiger partial charge in [-0.05, 0) is 33.1 Å². The number of hydroxylamine groups is 1. The predicted molar refractivity (Wildman–Crippen MR) is 71.4 cm³/mol. The molecule has 1 unspecified atom stereocenters. The number of ether oxygens (including phenoxy) is 1. The molecule has 116 valence electrons. The third-order valence-electron chi connectivity index (χ3n) is 1.93. The van der Waals surface area contributed by atoms with E-state index in [0.717, 1.165) is 0 Å². The van der Waals surface area contributed by atoms with Crippen LogP contribution in [0.5, 0.6) is 0 Å². The molecule has 0 radical (unpaired) electrons. The standard InChI is InChI=1S/C12H23N3O5/c1-7(2)6-8(9(16)20-15-10(13)17)14-11(18)19-12(3,4)5/h7-8H,6H2,1-5H3,(H,14,18)(H3,13,15,17). The average Bonchev–Trinajstić information content (AvgIpc) is 2.21. The molecule has 0 rings (SSSR count). The first-order valence-corrected chi connectivity index (χ1v) is 6.27. The smallest absolute Gasteiger partial charge is 0.408 e. The summed E-state index contributed by atoms with van der Waals surface area (Å²) < 4.78 is 5.06. The van der Waals surface area contributed by atoms with Crippen molar-refractivity contribution in [3.05, 3.63) is 0 Å². The Morgan fingerprint density at radius 1 is 1.20 bits per heavy atom. The maximum absolute atomic E-state index is 11.7. The lowest BCUT2D eigenvalue weighted by molar-refractivity contribution is -0.151. The molecule has 0 aromatic carbocycles. The summed E-state index contributed by atoms with van der Waals surface area (Å²) in [4.78, 5) is 38.3. The maximum Gasteiger partial charge on any atom is 0.408 e. The zero-order valence-corrected chi connectivity index (χ0v) is 12.5. The Balaban J connectivity index is 4.59. The van der Waals surface area contributed by atoms with Crippen molar-refractivity contribution in [2.45, 2.75) is 52.7 Å². The summed E-state index contributed by atoms with van der Waals surface area (Å²) in [5.74, 6) is -0.695. The van der Waals surface area contributed by atoms with Crippen molar-refractivity contribution in [1.29, 1.82) is 0 Å². The molecule has 0 bridgehead atoms. The Morgan fingerprint density at radius 2 is 1.75 bits per heavy atom. The average molecular weight is 289 g/mol. The van der Waals surface area contributed by atoms with Gasteiger partial charge in [0.25, 0.3) is 0 Å². The van der Waals surface area contributed by atoms with Crippen LogP contribution in [0.2, 0.25) is 0 Å². The quantitative estimate of drug-likeness (QED) is 0.668. The van der Waals surface area contributed by atoms with Crippen molar-refractivity contribution in [2.24, 2.45) is 11.7 Å². The predicted octanol–water partition coefficient (Wildman–Crippen LogP) is 1.05. The van der Waals surface area contributed by atoms with Gasteiger partial charge in [-0.15, -0.1) is 0 Å². The van der Waals surface area contributed by atoms with Crippen molar-refractivity contribution in [1.82, 2.24) is 10.8 Å². The lowest BCUT2D eigenvalue weighted by atomic mass is 10.0. The van der Waals surface area contributed by atoms with Crippen LogP contribution in [0, 0.1) is 5.92 Å². The lowest BCUT2D eigenvalue weighted by Gasteiger charge is -2.23. The van der Waals surface area contributed by atoms with Gasteiger partial charge in [0.1, 0.15) is 11.6 Å². The summed E-state index contributed by atoms with van der Waals surface area (Å²) in [6.07, 6.45) is -0.405. The lowest BCUT2D eigenvalue weighted by Crippen LogP contribution is -2.47. The second kappa shape index (κ2) is 7.56. The van der Waals surface area contributed by atoms with Crippen LogP contribution in [0.15, 0.2) is 0 Å². The Labute approximate surface area is 118 Å². The van der Waals surface area contributed by atoms with Crippen LogP contribution < -0.4 is 16.5 Å². The number of hydrogen-bond donors (Lipinski definition) is 3. The molecule has 0 saturated carbocycles. The van der Waals surface area contributed by atoms with Crippen LogP contribution in [-0.2, 0) is 14.4 Å². The highest BCUT2D eigenvalue weighted by Crippen LogP contribution is 2.10. The molecule has 8 heteroatoms. The van der Waals surface area contributed by atoms with Gasteiger partial charge in [-0.2, -0.15) is 5.48 Å². The van der Waals surface area contributed by atoms with Gasteiger partial charge in [-0.25, -0.2) is 14.4 Å². The number of carbonyl (C=O) groups is 3. The van der Waals surface area contributed by atoms with Gasteiger partial charge in [0.05, 0.1) is 0 Å². The minimum atomic E-state index is -1.00. The highest BCUT2D eigenvalue weighted by atomic mass is 16.7. The van der Waals surface area contributed by atoms with E-state index >= 15 is 0 Å². The Hall–Kier alpha value is -1.99. The van der Waals surface area contributed by atoms with E-state index < -0.39 is 29.7 Å². The summed E-state index contributed by atoms with van der Waals surface area (Å²) >= 11 is 0. The summed E-state index contributed by atoms with van der Waals surface area (Å²) in [5, 5.41) is 2.40. The summed E-state index contributed by atoms with van der Waals surface area (Å²) in [6, 6.07) is -1.93. The highest BCUT2D eigenvalue weighted by molar-refractivity contribution is 5.82. The van der Waals surface area contributed by atoms with Crippen molar-refractivity contribution < 1.29 is 24.0 Å². The van der Waals surface area contributed by atoms with Gasteiger partial charge in [-0.1, -0.05) is 13.8 Å². The van der Waals surface area contributed by atoms with Crippen LogP contribution in [-0.4, -0.2) is 29.7 Å². The summed E-state index contributed by atoms with van der Waals surface area (Å²) in [7, 11) is 0. The van der Waals surface area contributed by atoms with Crippen molar-refractivity contribution in [3.8, 4) is 0 Å². The van der Waals surface area contributed by atoms with Crippen LogP contribution in [0.1, 0.15) is 41.0 Å². The Kier molecular flexibility index (Phi) is 6.81. The van der Waals surface area contributed by atoms with Crippen molar-refractivity contribution in [2.75, 3.05) is 0 Å².